The topological polar surface area (TPSA) is 46.9 Å². The van der Waals surface area contributed by atoms with Crippen LogP contribution in [-0.2, 0) is 18.4 Å². The highest BCUT2D eigenvalue weighted by molar-refractivity contribution is 5.81. The highest BCUT2D eigenvalue weighted by atomic mass is 19.4. The van der Waals surface area contributed by atoms with Crippen LogP contribution in [0.15, 0.2) is 12.3 Å². The van der Waals surface area contributed by atoms with Gasteiger partial charge in [-0.15, -0.1) is 0 Å². The molecule has 0 unspecified atom stereocenters. The summed E-state index contributed by atoms with van der Waals surface area (Å²) in [5.41, 5.74) is 0.380. The third-order valence-electron chi connectivity index (χ3n) is 1.46. The number of nitrogens with one attached hydrogen (secondary N) is 1. The molecule has 0 aromatic carbocycles. The van der Waals surface area contributed by atoms with Crippen molar-refractivity contribution in [2.45, 2.75) is 12.7 Å². The first-order chi connectivity index (χ1) is 6.39. The number of carbonyl (C=O) groups excluding carboxylic acids is 1. The van der Waals surface area contributed by atoms with Crippen LogP contribution in [0.4, 0.5) is 13.2 Å². The SMILES string of the molecule is Cn1ccc(CNC(=O)C(F)(F)F)n1. The van der Waals surface area contributed by atoms with Crippen LogP contribution in [0.1, 0.15) is 5.69 Å². The summed E-state index contributed by atoms with van der Waals surface area (Å²) in [6.45, 7) is -0.223. The first-order valence-corrected chi connectivity index (χ1v) is 3.73. The predicted octanol–water partition coefficient (Wildman–Crippen LogP) is 0.599. The van der Waals surface area contributed by atoms with Gasteiger partial charge in [0.2, 0.25) is 0 Å². The van der Waals surface area contributed by atoms with Crippen molar-refractivity contribution in [2.75, 3.05) is 0 Å². The Morgan fingerprint density at radius 2 is 2.29 bits per heavy atom. The van der Waals surface area contributed by atoms with E-state index in [4.69, 9.17) is 0 Å². The minimum atomic E-state index is -4.84. The minimum Gasteiger partial charge on any atom is -0.343 e. The van der Waals surface area contributed by atoms with Crippen LogP contribution in [0.5, 0.6) is 0 Å². The van der Waals surface area contributed by atoms with Crippen molar-refractivity contribution in [2.24, 2.45) is 7.05 Å². The van der Waals surface area contributed by atoms with Crippen molar-refractivity contribution in [3.8, 4) is 0 Å². The van der Waals surface area contributed by atoms with Gasteiger partial charge in [-0.2, -0.15) is 18.3 Å². The van der Waals surface area contributed by atoms with Gasteiger partial charge in [0.1, 0.15) is 0 Å². The summed E-state index contributed by atoms with van der Waals surface area (Å²) in [5, 5.41) is 5.51. The number of rotatable bonds is 2. The molecule has 4 nitrogen and oxygen atoms in total. The van der Waals surface area contributed by atoms with E-state index in [2.05, 4.69) is 5.10 Å². The summed E-state index contributed by atoms with van der Waals surface area (Å²) in [6, 6.07) is 1.52. The number of hydrogen-bond acceptors (Lipinski definition) is 2. The van der Waals surface area contributed by atoms with E-state index in [1.807, 2.05) is 0 Å². The molecule has 0 saturated heterocycles. The van der Waals surface area contributed by atoms with E-state index < -0.39 is 12.1 Å². The summed E-state index contributed by atoms with van der Waals surface area (Å²) in [7, 11) is 1.63. The van der Waals surface area contributed by atoms with Gasteiger partial charge in [0.15, 0.2) is 0 Å². The molecule has 1 aromatic rings. The molecule has 0 spiro atoms. The molecule has 1 heterocycles. The maximum atomic E-state index is 11.7. The normalized spacial score (nSPS) is 11.4. The molecule has 1 rings (SSSR count). The van der Waals surface area contributed by atoms with Gasteiger partial charge in [-0.05, 0) is 6.07 Å². The van der Waals surface area contributed by atoms with Gasteiger partial charge in [0.05, 0.1) is 12.2 Å². The maximum Gasteiger partial charge on any atom is 0.471 e. The number of hydrogen-bond donors (Lipinski definition) is 1. The summed E-state index contributed by atoms with van der Waals surface area (Å²) in [4.78, 5) is 10.4. The van der Waals surface area contributed by atoms with E-state index in [1.54, 1.807) is 18.6 Å². The fourth-order valence-corrected chi connectivity index (χ4v) is 0.829. The summed E-state index contributed by atoms with van der Waals surface area (Å²) in [6.07, 6.45) is -3.26. The molecule has 1 amide bonds. The van der Waals surface area contributed by atoms with Crippen LogP contribution >= 0.6 is 0 Å². The van der Waals surface area contributed by atoms with Crippen molar-refractivity contribution in [1.82, 2.24) is 15.1 Å². The highest BCUT2D eigenvalue weighted by Crippen LogP contribution is 2.14. The smallest absolute Gasteiger partial charge is 0.343 e. The molecule has 1 aromatic heterocycles. The van der Waals surface area contributed by atoms with Crippen molar-refractivity contribution < 1.29 is 18.0 Å². The van der Waals surface area contributed by atoms with Gasteiger partial charge in [0, 0.05) is 13.2 Å². The zero-order valence-electron chi connectivity index (χ0n) is 7.30. The van der Waals surface area contributed by atoms with Crippen molar-refractivity contribution >= 4 is 5.91 Å². The first-order valence-electron chi connectivity index (χ1n) is 3.73. The van der Waals surface area contributed by atoms with Crippen LogP contribution < -0.4 is 5.32 Å². The van der Waals surface area contributed by atoms with Crippen molar-refractivity contribution in [1.29, 1.82) is 0 Å². The van der Waals surface area contributed by atoms with Crippen LogP contribution in [0.2, 0.25) is 0 Å². The standard InChI is InChI=1S/C7H8F3N3O/c1-13-3-2-5(12-13)4-11-6(14)7(8,9)10/h2-3H,4H2,1H3,(H,11,14). The van der Waals surface area contributed by atoms with E-state index in [1.165, 1.54) is 10.7 Å². The van der Waals surface area contributed by atoms with Crippen molar-refractivity contribution in [3.05, 3.63) is 18.0 Å². The lowest BCUT2D eigenvalue weighted by Gasteiger charge is -2.05. The summed E-state index contributed by atoms with van der Waals surface area (Å²) in [5.74, 6) is -1.96. The second kappa shape index (κ2) is 3.69. The monoisotopic (exact) mass is 207 g/mol. The Hall–Kier alpha value is -1.53. The number of halogens is 3. The lowest BCUT2D eigenvalue weighted by atomic mass is 10.4. The third-order valence-corrected chi connectivity index (χ3v) is 1.46. The Morgan fingerprint density at radius 3 is 2.71 bits per heavy atom. The quantitative estimate of drug-likeness (QED) is 0.771. The molecule has 1 N–H and O–H groups in total. The number of alkyl halides is 3. The van der Waals surface area contributed by atoms with Crippen LogP contribution in [0.3, 0.4) is 0 Å². The van der Waals surface area contributed by atoms with Crippen LogP contribution in [0.25, 0.3) is 0 Å². The van der Waals surface area contributed by atoms with E-state index in [0.29, 0.717) is 5.69 Å². The van der Waals surface area contributed by atoms with Gasteiger partial charge >= 0.3 is 12.1 Å². The Bertz CT molecular complexity index is 331. The zero-order valence-corrected chi connectivity index (χ0v) is 7.30. The fraction of sp³-hybridized carbons (Fsp3) is 0.429. The number of amides is 1. The first kappa shape index (κ1) is 10.6. The Labute approximate surface area is 77.7 Å². The molecule has 14 heavy (non-hydrogen) atoms. The minimum absolute atomic E-state index is 0.223. The Balaban J connectivity index is 2.46. The number of aryl methyl sites for hydroxylation is 1. The molecule has 0 fully saturated rings. The molecule has 7 heteroatoms. The fourth-order valence-electron chi connectivity index (χ4n) is 0.829. The third kappa shape index (κ3) is 2.75. The molecule has 0 aliphatic heterocycles. The summed E-state index contributed by atoms with van der Waals surface area (Å²) >= 11 is 0. The number of nitrogens with zero attached hydrogens (tertiary/aromatic N) is 2. The average Bonchev–Trinajstić information content (AvgIpc) is 2.45. The molecule has 0 atom stereocenters. The van der Waals surface area contributed by atoms with Crippen LogP contribution in [0, 0.1) is 0 Å². The average molecular weight is 207 g/mol. The number of aromatic nitrogens is 2. The van der Waals surface area contributed by atoms with Gasteiger partial charge in [-0.1, -0.05) is 0 Å². The molecule has 0 bridgehead atoms. The lowest BCUT2D eigenvalue weighted by molar-refractivity contribution is -0.173. The largest absolute Gasteiger partial charge is 0.471 e. The van der Waals surface area contributed by atoms with Gasteiger partial charge < -0.3 is 5.32 Å². The van der Waals surface area contributed by atoms with E-state index in [-0.39, 0.29) is 6.54 Å². The second-order valence-corrected chi connectivity index (χ2v) is 2.66. The van der Waals surface area contributed by atoms with Gasteiger partial charge in [0.25, 0.3) is 0 Å². The predicted molar refractivity (Wildman–Crippen MR) is 41.1 cm³/mol. The van der Waals surface area contributed by atoms with E-state index in [0.717, 1.165) is 0 Å². The molecule has 78 valence electrons. The molecular formula is C7H8F3N3O. The maximum absolute atomic E-state index is 11.7. The molecule has 0 aliphatic rings. The molecular weight excluding hydrogens is 199 g/mol. The lowest BCUT2D eigenvalue weighted by Crippen LogP contribution is -2.36. The van der Waals surface area contributed by atoms with Crippen LogP contribution in [-0.4, -0.2) is 21.9 Å². The number of carbonyl (C=O) groups is 1. The Kier molecular flexibility index (Phi) is 2.78. The zero-order chi connectivity index (χ0) is 10.8. The van der Waals surface area contributed by atoms with Gasteiger partial charge in [-0.25, -0.2) is 0 Å². The molecule has 0 aliphatic carbocycles. The van der Waals surface area contributed by atoms with E-state index >= 15 is 0 Å². The van der Waals surface area contributed by atoms with E-state index in [9.17, 15) is 18.0 Å². The molecule has 0 saturated carbocycles. The highest BCUT2D eigenvalue weighted by Gasteiger charge is 2.38. The Morgan fingerprint density at radius 1 is 1.64 bits per heavy atom. The van der Waals surface area contributed by atoms with Gasteiger partial charge in [-0.3, -0.25) is 9.48 Å². The molecule has 0 radical (unpaired) electrons. The summed E-state index contributed by atoms with van der Waals surface area (Å²) < 4.78 is 36.6. The van der Waals surface area contributed by atoms with Crippen molar-refractivity contribution in [3.63, 3.8) is 0 Å². The second-order valence-electron chi connectivity index (χ2n) is 2.66.